The van der Waals surface area contributed by atoms with Crippen molar-refractivity contribution in [2.45, 2.75) is 42.0 Å². The van der Waals surface area contributed by atoms with E-state index >= 15 is 0 Å². The van der Waals surface area contributed by atoms with E-state index in [1.807, 2.05) is 6.92 Å². The summed E-state index contributed by atoms with van der Waals surface area (Å²) in [4.78, 5) is 25.7. The summed E-state index contributed by atoms with van der Waals surface area (Å²) in [5.74, 6) is -0.545. The van der Waals surface area contributed by atoms with Crippen LogP contribution in [0, 0.1) is 17.0 Å². The van der Waals surface area contributed by atoms with Gasteiger partial charge in [-0.3, -0.25) is 14.9 Å². The number of benzene rings is 3. The summed E-state index contributed by atoms with van der Waals surface area (Å²) in [5, 5.41) is 12.3. The number of nitrogens with one attached hydrogen (secondary N) is 1. The van der Waals surface area contributed by atoms with Crippen molar-refractivity contribution in [3.63, 3.8) is 0 Å². The number of esters is 1. The van der Waals surface area contributed by atoms with Crippen LogP contribution in [0.2, 0.25) is 0 Å². The second-order valence-corrected chi connectivity index (χ2v) is 13.2. The van der Waals surface area contributed by atoms with Crippen molar-refractivity contribution >= 4 is 42.7 Å². The Morgan fingerprint density at radius 3 is 2.45 bits per heavy atom. The van der Waals surface area contributed by atoms with E-state index in [9.17, 15) is 31.7 Å². The van der Waals surface area contributed by atoms with E-state index in [0.717, 1.165) is 21.5 Å². The predicted octanol–water partition coefficient (Wildman–Crippen LogP) is 4.39. The number of methoxy groups -OCH3 is 1. The molecule has 1 N–H and O–H groups in total. The number of ether oxygens (including phenoxy) is 1. The van der Waals surface area contributed by atoms with Crippen LogP contribution in [0.15, 0.2) is 76.5 Å². The van der Waals surface area contributed by atoms with Gasteiger partial charge in [-0.25, -0.2) is 8.42 Å². The average molecular weight is 614 g/mol. The Balaban J connectivity index is 1.60. The third-order valence-electron chi connectivity index (χ3n) is 7.21. The molecule has 42 heavy (non-hydrogen) atoms. The number of nitrogens with zero attached hydrogens (tertiary/aromatic N) is 2. The molecule has 0 saturated heterocycles. The number of aromatic nitrogens is 1. The van der Waals surface area contributed by atoms with E-state index in [4.69, 9.17) is 8.92 Å². The van der Waals surface area contributed by atoms with E-state index in [0.29, 0.717) is 16.6 Å². The van der Waals surface area contributed by atoms with Gasteiger partial charge in [-0.1, -0.05) is 42.0 Å². The van der Waals surface area contributed by atoms with Gasteiger partial charge < -0.3 is 13.9 Å². The maximum atomic E-state index is 13.9. The Morgan fingerprint density at radius 2 is 1.76 bits per heavy atom. The quantitative estimate of drug-likeness (QED) is 0.125. The number of carbonyl (C=O) groups excluding carboxylic acids is 1. The number of hydrogen-bond acceptors (Lipinski definition) is 9. The minimum absolute atomic E-state index is 0.00418. The second-order valence-electron chi connectivity index (χ2n) is 9.77. The molecule has 0 unspecified atom stereocenters. The lowest BCUT2D eigenvalue weighted by atomic mass is 9.96. The Morgan fingerprint density at radius 1 is 1.05 bits per heavy atom. The van der Waals surface area contributed by atoms with E-state index in [1.165, 1.54) is 43.5 Å². The van der Waals surface area contributed by atoms with Crippen LogP contribution >= 0.6 is 0 Å². The normalized spacial score (nSPS) is 15.7. The number of sulfonamides is 1. The smallest absolute Gasteiger partial charge is 0.339 e. The lowest BCUT2D eigenvalue weighted by Crippen LogP contribution is -2.40. The SMILES string of the molecule is COC(=O)CC[C@@H]1c2[nH]c3c(OS(=O)(=O)c4ccc(C)cc4)cccc3c2CCN1S(=O)(=O)c1ccccc1[N+](=O)[O-]. The molecule has 5 rings (SSSR count). The molecule has 4 aromatic rings. The van der Waals surface area contributed by atoms with Crippen LogP contribution in [0.25, 0.3) is 10.9 Å². The molecule has 1 atom stereocenters. The highest BCUT2D eigenvalue weighted by atomic mass is 32.2. The fourth-order valence-corrected chi connectivity index (χ4v) is 7.90. The first-order chi connectivity index (χ1) is 19.9. The standard InChI is InChI=1S/C28H27N3O9S2/c1-18-10-12-19(13-11-18)42(37,38)40-24-8-5-6-20-21-16-17-30(23(14-15-26(32)39-2)27(21)29-28(20)24)41(35,36)25-9-4-3-7-22(25)31(33)34/h3-13,23,29H,14-17H2,1-2H3/t23-/m1/s1. The molecule has 1 aliphatic rings. The van der Waals surface area contributed by atoms with Crippen molar-refractivity contribution in [3.8, 4) is 5.75 Å². The first-order valence-corrected chi connectivity index (χ1v) is 15.8. The maximum Gasteiger partial charge on any atom is 0.339 e. The number of hydrogen-bond donors (Lipinski definition) is 1. The van der Waals surface area contributed by atoms with Crippen molar-refractivity contribution in [1.29, 1.82) is 0 Å². The lowest BCUT2D eigenvalue weighted by Gasteiger charge is -2.34. The molecule has 0 bridgehead atoms. The van der Waals surface area contributed by atoms with Gasteiger partial charge in [-0.05, 0) is 49.6 Å². The third-order valence-corrected chi connectivity index (χ3v) is 10.4. The highest BCUT2D eigenvalue weighted by molar-refractivity contribution is 7.89. The third kappa shape index (κ3) is 5.35. The second kappa shape index (κ2) is 11.2. The first-order valence-electron chi connectivity index (χ1n) is 12.9. The van der Waals surface area contributed by atoms with Crippen molar-refractivity contribution in [2.24, 2.45) is 0 Å². The molecule has 14 heteroatoms. The number of para-hydroxylation sites is 2. The molecule has 0 spiro atoms. The van der Waals surface area contributed by atoms with E-state index < -0.39 is 47.7 Å². The summed E-state index contributed by atoms with van der Waals surface area (Å²) < 4.78 is 65.4. The number of fused-ring (bicyclic) bond motifs is 3. The summed E-state index contributed by atoms with van der Waals surface area (Å²) in [6, 6.07) is 15.2. The van der Waals surface area contributed by atoms with Gasteiger partial charge in [0, 0.05) is 30.1 Å². The van der Waals surface area contributed by atoms with Gasteiger partial charge in [0.15, 0.2) is 10.6 Å². The van der Waals surface area contributed by atoms with E-state index in [1.54, 1.807) is 24.3 Å². The molecule has 1 aromatic heterocycles. The van der Waals surface area contributed by atoms with Gasteiger partial charge in [0.2, 0.25) is 0 Å². The molecule has 0 amide bonds. The number of carbonyl (C=O) groups is 1. The fraction of sp³-hybridized carbons (Fsp3) is 0.250. The Kier molecular flexibility index (Phi) is 7.79. The van der Waals surface area contributed by atoms with Crippen LogP contribution in [0.5, 0.6) is 5.75 Å². The molecule has 0 saturated carbocycles. The van der Waals surface area contributed by atoms with Gasteiger partial charge >= 0.3 is 16.1 Å². The summed E-state index contributed by atoms with van der Waals surface area (Å²) in [7, 11) is -7.38. The molecule has 12 nitrogen and oxygen atoms in total. The van der Waals surface area contributed by atoms with Crippen molar-refractivity contribution in [1.82, 2.24) is 9.29 Å². The summed E-state index contributed by atoms with van der Waals surface area (Å²) in [5.41, 5.74) is 1.82. The summed E-state index contributed by atoms with van der Waals surface area (Å²) in [6.07, 6.45) is 0.0896. The van der Waals surface area contributed by atoms with Crippen LogP contribution < -0.4 is 4.18 Å². The first kappa shape index (κ1) is 29.2. The fourth-order valence-electron chi connectivity index (χ4n) is 5.17. The zero-order chi connectivity index (χ0) is 30.2. The Hall–Kier alpha value is -4.27. The molecule has 0 aliphatic carbocycles. The van der Waals surface area contributed by atoms with E-state index in [2.05, 4.69) is 4.98 Å². The number of aromatic amines is 1. The largest absolute Gasteiger partial charge is 0.469 e. The van der Waals surface area contributed by atoms with Crippen LogP contribution in [-0.4, -0.2) is 50.7 Å². The minimum Gasteiger partial charge on any atom is -0.469 e. The van der Waals surface area contributed by atoms with Gasteiger partial charge in [-0.15, -0.1) is 0 Å². The summed E-state index contributed by atoms with van der Waals surface area (Å²) in [6.45, 7) is 1.80. The molecule has 0 radical (unpaired) electrons. The van der Waals surface area contributed by atoms with Crippen molar-refractivity contribution < 1.29 is 35.5 Å². The topological polar surface area (TPSA) is 166 Å². The molecule has 0 fully saturated rings. The molecule has 1 aliphatic heterocycles. The zero-order valence-corrected chi connectivity index (χ0v) is 24.3. The molecular formula is C28H27N3O9S2. The minimum atomic E-state index is -4.41. The number of rotatable bonds is 9. The van der Waals surface area contributed by atoms with Gasteiger partial charge in [0.05, 0.1) is 23.6 Å². The predicted molar refractivity (Wildman–Crippen MR) is 152 cm³/mol. The number of aryl methyl sites for hydroxylation is 1. The summed E-state index contributed by atoms with van der Waals surface area (Å²) >= 11 is 0. The zero-order valence-electron chi connectivity index (χ0n) is 22.6. The molecule has 3 aromatic carbocycles. The van der Waals surface area contributed by atoms with Crippen LogP contribution in [0.1, 0.15) is 35.7 Å². The monoisotopic (exact) mass is 613 g/mol. The average Bonchev–Trinajstić information content (AvgIpc) is 3.36. The van der Waals surface area contributed by atoms with Crippen molar-refractivity contribution in [2.75, 3.05) is 13.7 Å². The Labute approximate surface area is 242 Å². The highest BCUT2D eigenvalue weighted by Gasteiger charge is 2.41. The number of nitro groups is 1. The maximum absolute atomic E-state index is 13.9. The Bertz CT molecular complexity index is 1900. The van der Waals surface area contributed by atoms with Crippen LogP contribution in [0.3, 0.4) is 0 Å². The van der Waals surface area contributed by atoms with Crippen LogP contribution in [-0.2, 0) is 36.1 Å². The molecular weight excluding hydrogens is 586 g/mol. The van der Waals surface area contributed by atoms with Gasteiger partial charge in [0.25, 0.3) is 15.7 Å². The number of nitro benzene ring substituents is 1. The van der Waals surface area contributed by atoms with Crippen LogP contribution in [0.4, 0.5) is 5.69 Å². The van der Waals surface area contributed by atoms with Gasteiger partial charge in [-0.2, -0.15) is 12.7 Å². The molecule has 2 heterocycles. The van der Waals surface area contributed by atoms with E-state index in [-0.39, 0.29) is 36.5 Å². The number of H-pyrrole nitrogens is 1. The van der Waals surface area contributed by atoms with Gasteiger partial charge in [0.1, 0.15) is 4.90 Å². The molecule has 220 valence electrons. The highest BCUT2D eigenvalue weighted by Crippen LogP contribution is 2.43. The van der Waals surface area contributed by atoms with Crippen molar-refractivity contribution in [3.05, 3.63) is 93.7 Å². The lowest BCUT2D eigenvalue weighted by molar-refractivity contribution is -0.387.